The molecular weight excluding hydrogens is 356 g/mol. The molecule has 0 N–H and O–H groups in total. The summed E-state index contributed by atoms with van der Waals surface area (Å²) in [6.45, 7) is 1.89. The van der Waals surface area contributed by atoms with E-state index in [-0.39, 0.29) is 11.8 Å². The number of likely N-dealkylation sites (tertiary alicyclic amines) is 1. The third-order valence-electron chi connectivity index (χ3n) is 4.90. The normalized spacial score (nSPS) is 14.9. The minimum Gasteiger partial charge on any atom is -0.338 e. The molecule has 1 fully saturated rings. The molecule has 0 atom stereocenters. The maximum atomic E-state index is 13.2. The number of benzene rings is 1. The van der Waals surface area contributed by atoms with E-state index in [1.807, 2.05) is 51.5 Å². The highest BCUT2D eigenvalue weighted by atomic mass is 32.1. The SMILES string of the molecule is N#CC1CCN(C(=O)c2cn(Cc3ccccc3)nc2-c2cccs2)CC1. The Hall–Kier alpha value is -2.91. The van der Waals surface area contributed by atoms with Crippen molar-refractivity contribution in [2.24, 2.45) is 5.92 Å². The number of hydrogen-bond acceptors (Lipinski definition) is 4. The van der Waals surface area contributed by atoms with E-state index in [0.29, 0.717) is 25.2 Å². The summed E-state index contributed by atoms with van der Waals surface area (Å²) in [5, 5.41) is 15.8. The van der Waals surface area contributed by atoms with Crippen LogP contribution in [0, 0.1) is 17.2 Å². The Labute approximate surface area is 162 Å². The lowest BCUT2D eigenvalue weighted by Crippen LogP contribution is -2.38. The van der Waals surface area contributed by atoms with E-state index in [0.717, 1.165) is 29.0 Å². The van der Waals surface area contributed by atoms with E-state index < -0.39 is 0 Å². The topological polar surface area (TPSA) is 61.9 Å². The second-order valence-electron chi connectivity index (χ2n) is 6.75. The van der Waals surface area contributed by atoms with Crippen LogP contribution in [0.5, 0.6) is 0 Å². The van der Waals surface area contributed by atoms with Crippen molar-refractivity contribution in [2.45, 2.75) is 19.4 Å². The number of aromatic nitrogens is 2. The van der Waals surface area contributed by atoms with Crippen LogP contribution < -0.4 is 0 Å². The van der Waals surface area contributed by atoms with E-state index in [1.54, 1.807) is 11.3 Å². The molecule has 5 nitrogen and oxygen atoms in total. The highest BCUT2D eigenvalue weighted by Gasteiger charge is 2.27. The van der Waals surface area contributed by atoms with Crippen LogP contribution in [0.1, 0.15) is 28.8 Å². The molecule has 1 aliphatic rings. The van der Waals surface area contributed by atoms with E-state index >= 15 is 0 Å². The van der Waals surface area contributed by atoms with Gasteiger partial charge in [0, 0.05) is 25.2 Å². The van der Waals surface area contributed by atoms with Gasteiger partial charge in [-0.05, 0) is 29.9 Å². The van der Waals surface area contributed by atoms with E-state index in [4.69, 9.17) is 10.4 Å². The third-order valence-corrected chi connectivity index (χ3v) is 5.78. The van der Waals surface area contributed by atoms with Gasteiger partial charge in [0.2, 0.25) is 0 Å². The summed E-state index contributed by atoms with van der Waals surface area (Å²) in [7, 11) is 0. The average Bonchev–Trinajstić information content (AvgIpc) is 3.38. The van der Waals surface area contributed by atoms with Crippen molar-refractivity contribution in [3.8, 4) is 16.6 Å². The average molecular weight is 376 g/mol. The fraction of sp³-hybridized carbons (Fsp3) is 0.286. The molecule has 0 spiro atoms. The fourth-order valence-corrected chi connectivity index (χ4v) is 4.13. The maximum absolute atomic E-state index is 13.2. The summed E-state index contributed by atoms with van der Waals surface area (Å²) in [4.78, 5) is 16.0. The number of nitrogens with zero attached hydrogens (tertiary/aromatic N) is 4. The standard InChI is InChI=1S/C21H20N4OS/c22-13-16-8-10-24(11-9-16)21(26)18-15-25(14-17-5-2-1-3-6-17)23-20(18)19-7-4-12-27-19/h1-7,12,15-16H,8-11,14H2. The lowest BCUT2D eigenvalue weighted by atomic mass is 9.98. The number of nitriles is 1. The van der Waals surface area contributed by atoms with Gasteiger partial charge in [-0.15, -0.1) is 11.3 Å². The van der Waals surface area contributed by atoms with Gasteiger partial charge in [-0.2, -0.15) is 10.4 Å². The molecule has 4 rings (SSSR count). The zero-order valence-corrected chi connectivity index (χ0v) is 15.7. The molecule has 1 aliphatic heterocycles. The molecule has 1 saturated heterocycles. The molecular formula is C21H20N4OS. The summed E-state index contributed by atoms with van der Waals surface area (Å²) < 4.78 is 1.85. The van der Waals surface area contributed by atoms with Gasteiger partial charge >= 0.3 is 0 Å². The monoisotopic (exact) mass is 376 g/mol. The second kappa shape index (κ2) is 7.77. The molecule has 1 aromatic carbocycles. The van der Waals surface area contributed by atoms with Gasteiger partial charge < -0.3 is 4.90 Å². The zero-order chi connectivity index (χ0) is 18.6. The number of thiophene rings is 1. The Balaban J connectivity index is 1.62. The summed E-state index contributed by atoms with van der Waals surface area (Å²) in [5.74, 6) is 0.0701. The first-order chi connectivity index (χ1) is 13.2. The molecule has 3 aromatic rings. The Morgan fingerprint density at radius 2 is 1.96 bits per heavy atom. The summed E-state index contributed by atoms with van der Waals surface area (Å²) >= 11 is 1.59. The van der Waals surface area contributed by atoms with Gasteiger partial charge in [0.25, 0.3) is 5.91 Å². The van der Waals surface area contributed by atoms with Crippen molar-refractivity contribution in [1.29, 1.82) is 5.26 Å². The molecule has 6 heteroatoms. The first-order valence-corrected chi connectivity index (χ1v) is 9.96. The molecule has 136 valence electrons. The smallest absolute Gasteiger partial charge is 0.257 e. The van der Waals surface area contributed by atoms with Gasteiger partial charge in [0.05, 0.1) is 23.1 Å². The maximum Gasteiger partial charge on any atom is 0.257 e. The van der Waals surface area contributed by atoms with Crippen LogP contribution in [0.3, 0.4) is 0 Å². The Kier molecular flexibility index (Phi) is 5.03. The molecule has 0 unspecified atom stereocenters. The first-order valence-electron chi connectivity index (χ1n) is 9.09. The minimum atomic E-state index is 0.00843. The molecule has 0 saturated carbocycles. The van der Waals surface area contributed by atoms with Crippen molar-refractivity contribution in [2.75, 3.05) is 13.1 Å². The van der Waals surface area contributed by atoms with Crippen molar-refractivity contribution in [3.63, 3.8) is 0 Å². The fourth-order valence-electron chi connectivity index (χ4n) is 3.41. The number of piperidine rings is 1. The number of amides is 1. The number of carbonyl (C=O) groups is 1. The van der Waals surface area contributed by atoms with Gasteiger partial charge in [0.15, 0.2) is 0 Å². The van der Waals surface area contributed by atoms with Crippen molar-refractivity contribution >= 4 is 17.2 Å². The van der Waals surface area contributed by atoms with Crippen molar-refractivity contribution < 1.29 is 4.79 Å². The quantitative estimate of drug-likeness (QED) is 0.690. The van der Waals surface area contributed by atoms with E-state index in [9.17, 15) is 4.79 Å². The molecule has 1 amide bonds. The van der Waals surface area contributed by atoms with Crippen LogP contribution in [0.2, 0.25) is 0 Å². The van der Waals surface area contributed by atoms with Crippen molar-refractivity contribution in [3.05, 3.63) is 65.2 Å². The summed E-state index contributed by atoms with van der Waals surface area (Å²) in [5.41, 5.74) is 2.53. The minimum absolute atomic E-state index is 0.00843. The third kappa shape index (κ3) is 3.79. The van der Waals surface area contributed by atoms with Crippen LogP contribution in [-0.4, -0.2) is 33.7 Å². The molecule has 3 heterocycles. The van der Waals surface area contributed by atoms with Crippen LogP contribution in [-0.2, 0) is 6.54 Å². The van der Waals surface area contributed by atoms with Crippen molar-refractivity contribution in [1.82, 2.24) is 14.7 Å². The predicted molar refractivity (Wildman–Crippen MR) is 105 cm³/mol. The van der Waals surface area contributed by atoms with E-state index in [2.05, 4.69) is 18.2 Å². The van der Waals surface area contributed by atoms with Gasteiger partial charge in [-0.25, -0.2) is 0 Å². The number of carbonyl (C=O) groups excluding carboxylic acids is 1. The molecule has 0 radical (unpaired) electrons. The molecule has 0 bridgehead atoms. The Bertz CT molecular complexity index is 948. The van der Waals surface area contributed by atoms with Gasteiger partial charge in [-0.3, -0.25) is 9.48 Å². The van der Waals surface area contributed by atoms with Crippen LogP contribution in [0.25, 0.3) is 10.6 Å². The summed E-state index contributed by atoms with van der Waals surface area (Å²) in [6, 6.07) is 16.4. The summed E-state index contributed by atoms with van der Waals surface area (Å²) in [6.07, 6.45) is 3.35. The molecule has 2 aromatic heterocycles. The molecule has 0 aliphatic carbocycles. The lowest BCUT2D eigenvalue weighted by molar-refractivity contribution is 0.0708. The Morgan fingerprint density at radius 3 is 2.63 bits per heavy atom. The highest BCUT2D eigenvalue weighted by Crippen LogP contribution is 2.29. The van der Waals surface area contributed by atoms with Crippen LogP contribution >= 0.6 is 11.3 Å². The predicted octanol–water partition coefficient (Wildman–Crippen LogP) is 4.04. The van der Waals surface area contributed by atoms with Gasteiger partial charge in [-0.1, -0.05) is 36.4 Å². The highest BCUT2D eigenvalue weighted by molar-refractivity contribution is 7.13. The Morgan fingerprint density at radius 1 is 1.19 bits per heavy atom. The first kappa shape index (κ1) is 17.5. The largest absolute Gasteiger partial charge is 0.338 e. The van der Waals surface area contributed by atoms with Crippen LogP contribution in [0.15, 0.2) is 54.0 Å². The van der Waals surface area contributed by atoms with E-state index in [1.165, 1.54) is 0 Å². The molecule has 27 heavy (non-hydrogen) atoms. The lowest BCUT2D eigenvalue weighted by Gasteiger charge is -2.29. The second-order valence-corrected chi connectivity index (χ2v) is 7.70. The van der Waals surface area contributed by atoms with Crippen LogP contribution in [0.4, 0.5) is 0 Å². The zero-order valence-electron chi connectivity index (χ0n) is 14.9. The number of rotatable bonds is 4. The van der Waals surface area contributed by atoms with Gasteiger partial charge in [0.1, 0.15) is 5.69 Å². The number of hydrogen-bond donors (Lipinski definition) is 0.